The smallest absolute Gasteiger partial charge is 0.410 e. The van der Waals surface area contributed by atoms with Crippen LogP contribution in [0.25, 0.3) is 0 Å². The summed E-state index contributed by atoms with van der Waals surface area (Å²) in [6, 6.07) is 9.73. The molecule has 1 fully saturated rings. The second kappa shape index (κ2) is 10.9. The second-order valence-corrected chi connectivity index (χ2v) is 8.01. The van der Waals surface area contributed by atoms with E-state index >= 15 is 0 Å². The largest absolute Gasteiger partial charge is 0.440 e. The van der Waals surface area contributed by atoms with Crippen molar-refractivity contribution in [1.29, 1.82) is 0 Å². The predicted octanol–water partition coefficient (Wildman–Crippen LogP) is 3.34. The Morgan fingerprint density at radius 1 is 1.17 bits per heavy atom. The predicted molar refractivity (Wildman–Crippen MR) is 109 cm³/mol. The molecular weight excluding hydrogens is 374 g/mol. The number of amides is 1. The van der Waals surface area contributed by atoms with E-state index in [1.165, 1.54) is 7.11 Å². The van der Waals surface area contributed by atoms with Crippen molar-refractivity contribution in [2.75, 3.05) is 7.11 Å². The number of methoxy groups -OCH3 is 1. The van der Waals surface area contributed by atoms with Gasteiger partial charge >= 0.3 is 6.09 Å². The highest BCUT2D eigenvalue weighted by atomic mass is 16.7. The molecule has 0 aromatic heterocycles. The summed E-state index contributed by atoms with van der Waals surface area (Å²) in [5.74, 6) is 0. The normalized spacial score (nSPS) is 25.8. The van der Waals surface area contributed by atoms with Crippen molar-refractivity contribution < 1.29 is 28.8 Å². The van der Waals surface area contributed by atoms with E-state index in [0.717, 1.165) is 5.56 Å². The maximum absolute atomic E-state index is 12.8. The van der Waals surface area contributed by atoms with Gasteiger partial charge in [-0.15, -0.1) is 0 Å². The summed E-state index contributed by atoms with van der Waals surface area (Å²) in [5, 5.41) is 10.7. The van der Waals surface area contributed by atoms with Crippen LogP contribution in [0.3, 0.4) is 0 Å². The number of nitrogens with zero attached hydrogens (tertiary/aromatic N) is 1. The Morgan fingerprint density at radius 2 is 1.79 bits per heavy atom. The van der Waals surface area contributed by atoms with Crippen LogP contribution in [0.4, 0.5) is 4.79 Å². The van der Waals surface area contributed by atoms with Gasteiger partial charge in [0.05, 0.1) is 18.8 Å². The van der Waals surface area contributed by atoms with Gasteiger partial charge < -0.3 is 29.0 Å². The van der Waals surface area contributed by atoms with Crippen molar-refractivity contribution in [3.63, 3.8) is 0 Å². The van der Waals surface area contributed by atoms with E-state index in [1.54, 1.807) is 4.90 Å². The molecule has 1 saturated heterocycles. The first-order valence-corrected chi connectivity index (χ1v) is 10.2. The van der Waals surface area contributed by atoms with E-state index in [2.05, 4.69) is 0 Å². The molecule has 164 valence electrons. The molecule has 1 heterocycles. The summed E-state index contributed by atoms with van der Waals surface area (Å²) < 4.78 is 23.0. The van der Waals surface area contributed by atoms with Crippen LogP contribution >= 0.6 is 0 Å². The van der Waals surface area contributed by atoms with Gasteiger partial charge in [0, 0.05) is 25.6 Å². The fourth-order valence-corrected chi connectivity index (χ4v) is 3.63. The van der Waals surface area contributed by atoms with Gasteiger partial charge in [0.25, 0.3) is 0 Å². The van der Waals surface area contributed by atoms with Gasteiger partial charge in [0.2, 0.25) is 0 Å². The minimum absolute atomic E-state index is 0.0268. The number of rotatable bonds is 8. The van der Waals surface area contributed by atoms with Crippen LogP contribution in [0.5, 0.6) is 0 Å². The molecule has 7 heteroatoms. The van der Waals surface area contributed by atoms with Crippen molar-refractivity contribution in [3.05, 3.63) is 35.9 Å². The van der Waals surface area contributed by atoms with Crippen molar-refractivity contribution in [2.45, 2.75) is 90.4 Å². The number of hydrogen-bond acceptors (Lipinski definition) is 6. The zero-order valence-electron chi connectivity index (χ0n) is 18.3. The number of carbonyl (C=O) groups excluding carboxylic acids is 1. The summed E-state index contributed by atoms with van der Waals surface area (Å²) in [4.78, 5) is 14.4. The minimum Gasteiger partial charge on any atom is -0.440 e. The van der Waals surface area contributed by atoms with Gasteiger partial charge in [-0.3, -0.25) is 0 Å². The van der Waals surface area contributed by atoms with Gasteiger partial charge in [0.1, 0.15) is 6.10 Å². The second-order valence-electron chi connectivity index (χ2n) is 8.01. The Hall–Kier alpha value is -1.67. The van der Waals surface area contributed by atoms with Crippen molar-refractivity contribution in [1.82, 2.24) is 4.90 Å². The number of ether oxygens (including phenoxy) is 4. The van der Waals surface area contributed by atoms with E-state index in [0.29, 0.717) is 6.61 Å². The first-order valence-electron chi connectivity index (χ1n) is 10.2. The first-order chi connectivity index (χ1) is 13.7. The molecule has 0 radical (unpaired) electrons. The molecule has 1 amide bonds. The topological polar surface area (TPSA) is 77.5 Å². The molecule has 1 aromatic rings. The monoisotopic (exact) mass is 409 g/mol. The highest BCUT2D eigenvalue weighted by Crippen LogP contribution is 2.28. The molecule has 2 rings (SSSR count). The number of aliphatic hydroxyl groups is 1. The summed E-state index contributed by atoms with van der Waals surface area (Å²) >= 11 is 0. The van der Waals surface area contributed by atoms with E-state index in [1.807, 2.05) is 65.0 Å². The molecule has 7 nitrogen and oxygen atoms in total. The molecule has 0 spiro atoms. The van der Waals surface area contributed by atoms with Crippen LogP contribution in [-0.4, -0.2) is 66.0 Å². The zero-order chi connectivity index (χ0) is 21.6. The van der Waals surface area contributed by atoms with Crippen LogP contribution in [0.1, 0.15) is 46.6 Å². The van der Waals surface area contributed by atoms with E-state index in [9.17, 15) is 9.90 Å². The lowest BCUT2D eigenvalue weighted by atomic mass is 9.97. The van der Waals surface area contributed by atoms with Crippen LogP contribution in [-0.2, 0) is 25.6 Å². The Morgan fingerprint density at radius 3 is 2.34 bits per heavy atom. The molecule has 1 aliphatic heterocycles. The molecule has 1 N–H and O–H groups in total. The molecule has 1 aromatic carbocycles. The Balaban J connectivity index is 2.12. The lowest BCUT2D eigenvalue weighted by Gasteiger charge is -2.42. The lowest BCUT2D eigenvalue weighted by molar-refractivity contribution is -0.266. The third-order valence-electron chi connectivity index (χ3n) is 5.09. The van der Waals surface area contributed by atoms with Gasteiger partial charge in [-0.2, -0.15) is 0 Å². The maximum atomic E-state index is 12.8. The third-order valence-corrected chi connectivity index (χ3v) is 5.09. The van der Waals surface area contributed by atoms with Crippen molar-refractivity contribution in [3.8, 4) is 0 Å². The fraction of sp³-hybridized carbons (Fsp3) is 0.682. The standard InChI is InChI=1S/C22H35NO6/c1-14(2)23(15(3)4)22(25)29-21-18(24)12-19(26-6)28-20(21)16(5)27-13-17-10-8-7-9-11-17/h7-11,14-16,18-21,24H,12-13H2,1-6H3/t16-,18-,19+,20+,21-/m0/s1. The molecule has 5 atom stereocenters. The van der Waals surface area contributed by atoms with Crippen molar-refractivity contribution >= 4 is 6.09 Å². The summed E-state index contributed by atoms with van der Waals surface area (Å²) in [6.45, 7) is 9.96. The quantitative estimate of drug-likeness (QED) is 0.710. The van der Waals surface area contributed by atoms with E-state index in [4.69, 9.17) is 18.9 Å². The highest BCUT2D eigenvalue weighted by molar-refractivity contribution is 5.68. The summed E-state index contributed by atoms with van der Waals surface area (Å²) in [7, 11) is 1.52. The third kappa shape index (κ3) is 6.40. The Kier molecular flexibility index (Phi) is 8.89. The SMILES string of the molecule is CO[C@H]1C[C@H](O)[C@H](OC(=O)N(C(C)C)C(C)C)[C@@H]([C@H](C)OCc2ccccc2)O1. The minimum atomic E-state index is -0.911. The van der Waals surface area contributed by atoms with E-state index in [-0.39, 0.29) is 18.5 Å². The molecular formula is C22H35NO6. The van der Waals surface area contributed by atoms with Gasteiger partial charge in [-0.1, -0.05) is 30.3 Å². The van der Waals surface area contributed by atoms with Crippen molar-refractivity contribution in [2.24, 2.45) is 0 Å². The highest BCUT2D eigenvalue weighted by Gasteiger charge is 2.44. The fourth-order valence-electron chi connectivity index (χ4n) is 3.63. The number of aliphatic hydroxyl groups excluding tert-OH is 1. The average molecular weight is 410 g/mol. The first kappa shape index (κ1) is 23.6. The molecule has 29 heavy (non-hydrogen) atoms. The van der Waals surface area contributed by atoms with Crippen LogP contribution in [0, 0.1) is 0 Å². The van der Waals surface area contributed by atoms with Gasteiger partial charge in [-0.25, -0.2) is 4.79 Å². The van der Waals surface area contributed by atoms with Crippen LogP contribution < -0.4 is 0 Å². The lowest BCUT2D eigenvalue weighted by Crippen LogP contribution is -2.57. The number of hydrogen-bond donors (Lipinski definition) is 1. The molecule has 0 unspecified atom stereocenters. The Bertz CT molecular complexity index is 615. The molecule has 1 aliphatic rings. The van der Waals surface area contributed by atoms with E-state index < -0.39 is 36.8 Å². The van der Waals surface area contributed by atoms with Gasteiger partial charge in [-0.05, 0) is 40.2 Å². The molecule has 0 bridgehead atoms. The number of benzene rings is 1. The van der Waals surface area contributed by atoms with Crippen LogP contribution in [0.15, 0.2) is 30.3 Å². The maximum Gasteiger partial charge on any atom is 0.410 e. The Labute approximate surface area is 173 Å². The zero-order valence-corrected chi connectivity index (χ0v) is 18.3. The molecule has 0 aliphatic carbocycles. The number of carbonyl (C=O) groups is 1. The molecule has 0 saturated carbocycles. The van der Waals surface area contributed by atoms with Gasteiger partial charge in [0.15, 0.2) is 12.4 Å². The van der Waals surface area contributed by atoms with Crippen LogP contribution in [0.2, 0.25) is 0 Å². The summed E-state index contributed by atoms with van der Waals surface area (Å²) in [5.41, 5.74) is 1.03. The average Bonchev–Trinajstić information content (AvgIpc) is 2.67. The summed E-state index contributed by atoms with van der Waals surface area (Å²) in [6.07, 6.45) is -3.67.